The first-order valence-corrected chi connectivity index (χ1v) is 14.4. The molecule has 1 aromatic heterocycles. The number of aromatic amines is 1. The first-order valence-electron chi connectivity index (χ1n) is 12.5. The number of aliphatic hydroxyl groups is 1. The van der Waals surface area contributed by atoms with Crippen LogP contribution in [0.4, 0.5) is 17.1 Å². The first kappa shape index (κ1) is 25.6. The van der Waals surface area contributed by atoms with E-state index in [9.17, 15) is 13.5 Å². The van der Waals surface area contributed by atoms with Crippen molar-refractivity contribution in [2.45, 2.75) is 36.7 Å². The molecule has 5 rings (SSSR count). The smallest absolute Gasteiger partial charge is 0.240 e. The highest BCUT2D eigenvalue weighted by atomic mass is 35.5. The van der Waals surface area contributed by atoms with E-state index in [-0.39, 0.29) is 11.0 Å². The number of rotatable bonds is 9. The second kappa shape index (κ2) is 11.1. The van der Waals surface area contributed by atoms with Crippen LogP contribution in [0.2, 0.25) is 5.02 Å². The number of sulfonamides is 1. The lowest BCUT2D eigenvalue weighted by molar-refractivity contribution is 0.145. The van der Waals surface area contributed by atoms with Gasteiger partial charge in [0, 0.05) is 58.8 Å². The van der Waals surface area contributed by atoms with Crippen molar-refractivity contribution in [3.8, 4) is 0 Å². The molecule has 7 nitrogen and oxygen atoms in total. The number of hydrogen-bond donors (Lipinski definition) is 4. The predicted molar refractivity (Wildman–Crippen MR) is 150 cm³/mol. The number of piperidine rings is 1. The van der Waals surface area contributed by atoms with Crippen LogP contribution in [0.5, 0.6) is 0 Å². The second-order valence-electron chi connectivity index (χ2n) is 9.42. The van der Waals surface area contributed by atoms with Crippen LogP contribution in [0.15, 0.2) is 77.8 Å². The SMILES string of the molecule is O=S(=O)(NCCCc1c[nH]c2ccc(Cl)cc12)c1ccc(Nc2cccc(N3CCC(O)CC3)c2)cc1. The van der Waals surface area contributed by atoms with Gasteiger partial charge in [0.25, 0.3) is 0 Å². The molecule has 3 aromatic carbocycles. The second-order valence-corrected chi connectivity index (χ2v) is 11.6. The Balaban J connectivity index is 1.15. The van der Waals surface area contributed by atoms with Crippen molar-refractivity contribution in [1.82, 2.24) is 9.71 Å². The fourth-order valence-electron chi connectivity index (χ4n) is 4.71. The van der Waals surface area contributed by atoms with E-state index in [1.165, 1.54) is 0 Å². The van der Waals surface area contributed by atoms with Crippen LogP contribution in [0.1, 0.15) is 24.8 Å². The van der Waals surface area contributed by atoms with Gasteiger partial charge in [-0.15, -0.1) is 0 Å². The fourth-order valence-corrected chi connectivity index (χ4v) is 5.96. The summed E-state index contributed by atoms with van der Waals surface area (Å²) in [4.78, 5) is 5.73. The molecule has 1 aliphatic rings. The van der Waals surface area contributed by atoms with Gasteiger partial charge in [-0.1, -0.05) is 17.7 Å². The Kier molecular flexibility index (Phi) is 7.71. The predicted octanol–water partition coefficient (Wildman–Crippen LogP) is 5.44. The number of halogens is 1. The van der Waals surface area contributed by atoms with Crippen molar-refractivity contribution in [1.29, 1.82) is 0 Å². The van der Waals surface area contributed by atoms with Crippen LogP contribution in [-0.2, 0) is 16.4 Å². The molecular formula is C28H31ClN4O3S. The molecule has 0 radical (unpaired) electrons. The van der Waals surface area contributed by atoms with Gasteiger partial charge in [0.2, 0.25) is 10.0 Å². The van der Waals surface area contributed by atoms with E-state index < -0.39 is 10.0 Å². The maximum atomic E-state index is 12.8. The monoisotopic (exact) mass is 538 g/mol. The zero-order valence-electron chi connectivity index (χ0n) is 20.5. The minimum Gasteiger partial charge on any atom is -0.393 e. The van der Waals surface area contributed by atoms with Gasteiger partial charge in [-0.3, -0.25) is 0 Å². The topological polar surface area (TPSA) is 97.5 Å². The third-order valence-corrected chi connectivity index (χ3v) is 8.49. The Hall–Kier alpha value is -3.04. The normalized spacial score (nSPS) is 14.8. The molecule has 1 aliphatic heterocycles. The zero-order valence-corrected chi connectivity index (χ0v) is 22.0. The van der Waals surface area contributed by atoms with Crippen molar-refractivity contribution in [3.05, 3.63) is 83.5 Å². The zero-order chi connectivity index (χ0) is 25.8. The Morgan fingerprint density at radius 3 is 2.57 bits per heavy atom. The quantitative estimate of drug-likeness (QED) is 0.213. The minimum absolute atomic E-state index is 0.207. The lowest BCUT2D eigenvalue weighted by atomic mass is 10.1. The van der Waals surface area contributed by atoms with E-state index in [1.54, 1.807) is 24.3 Å². The molecule has 0 bridgehead atoms. The molecular weight excluding hydrogens is 508 g/mol. The number of nitrogens with one attached hydrogen (secondary N) is 3. The molecule has 37 heavy (non-hydrogen) atoms. The highest BCUT2D eigenvalue weighted by Crippen LogP contribution is 2.26. The number of anilines is 3. The molecule has 1 fully saturated rings. The fraction of sp³-hybridized carbons (Fsp3) is 0.286. The van der Waals surface area contributed by atoms with Gasteiger partial charge in [0.05, 0.1) is 11.0 Å². The van der Waals surface area contributed by atoms with Crippen molar-refractivity contribution < 1.29 is 13.5 Å². The summed E-state index contributed by atoms with van der Waals surface area (Å²) in [6.07, 6.45) is 4.71. The summed E-state index contributed by atoms with van der Waals surface area (Å²) in [6.45, 7) is 2.01. The molecule has 0 atom stereocenters. The van der Waals surface area contributed by atoms with E-state index in [1.807, 2.05) is 36.5 Å². The van der Waals surface area contributed by atoms with Crippen LogP contribution in [-0.4, -0.2) is 44.2 Å². The number of nitrogens with zero attached hydrogens (tertiary/aromatic N) is 1. The number of fused-ring (bicyclic) bond motifs is 1. The Bertz CT molecular complexity index is 1460. The number of H-pyrrole nitrogens is 1. The maximum absolute atomic E-state index is 12.8. The lowest BCUT2D eigenvalue weighted by Crippen LogP contribution is -2.35. The third-order valence-electron chi connectivity index (χ3n) is 6.77. The summed E-state index contributed by atoms with van der Waals surface area (Å²) in [5, 5.41) is 14.9. The standard InChI is InChI=1S/C28H31ClN4O3S/c29-21-6-11-28-27(17-21)20(19-30-28)3-2-14-31-37(35,36)26-9-7-22(8-10-26)32-23-4-1-5-24(18-23)33-15-12-25(34)13-16-33/h1,4-11,17-19,25,30-32,34H,2-3,12-16H2. The molecule has 1 saturated heterocycles. The maximum Gasteiger partial charge on any atom is 0.240 e. The van der Waals surface area contributed by atoms with E-state index in [0.29, 0.717) is 18.0 Å². The molecule has 194 valence electrons. The molecule has 0 saturated carbocycles. The Morgan fingerprint density at radius 1 is 1.00 bits per heavy atom. The average molecular weight is 539 g/mol. The molecule has 9 heteroatoms. The van der Waals surface area contributed by atoms with Gasteiger partial charge in [-0.2, -0.15) is 0 Å². The summed E-state index contributed by atoms with van der Waals surface area (Å²) in [5.74, 6) is 0. The minimum atomic E-state index is -3.60. The van der Waals surface area contributed by atoms with E-state index in [4.69, 9.17) is 11.6 Å². The highest BCUT2D eigenvalue weighted by Gasteiger charge is 2.17. The number of benzene rings is 3. The van der Waals surface area contributed by atoms with E-state index >= 15 is 0 Å². The summed E-state index contributed by atoms with van der Waals surface area (Å²) >= 11 is 6.12. The number of aromatic nitrogens is 1. The first-order chi connectivity index (χ1) is 17.9. The summed E-state index contributed by atoms with van der Waals surface area (Å²) in [7, 11) is -3.60. The van der Waals surface area contributed by atoms with Crippen LogP contribution >= 0.6 is 11.6 Å². The average Bonchev–Trinajstić information content (AvgIpc) is 3.29. The lowest BCUT2D eigenvalue weighted by Gasteiger charge is -2.31. The molecule has 0 unspecified atom stereocenters. The largest absolute Gasteiger partial charge is 0.393 e. The van der Waals surface area contributed by atoms with Gasteiger partial charge in [0.15, 0.2) is 0 Å². The van der Waals surface area contributed by atoms with Crippen molar-refractivity contribution >= 4 is 49.6 Å². The molecule has 0 spiro atoms. The van der Waals surface area contributed by atoms with Gasteiger partial charge in [-0.05, 0) is 91.9 Å². The summed E-state index contributed by atoms with van der Waals surface area (Å²) in [6, 6.07) is 20.6. The van der Waals surface area contributed by atoms with Gasteiger partial charge in [-0.25, -0.2) is 13.1 Å². The number of hydrogen-bond acceptors (Lipinski definition) is 5. The van der Waals surface area contributed by atoms with Crippen molar-refractivity contribution in [2.24, 2.45) is 0 Å². The molecule has 4 aromatic rings. The Morgan fingerprint density at radius 2 is 1.78 bits per heavy atom. The third kappa shape index (κ3) is 6.27. The number of aryl methyl sites for hydroxylation is 1. The highest BCUT2D eigenvalue weighted by molar-refractivity contribution is 7.89. The van der Waals surface area contributed by atoms with Gasteiger partial charge >= 0.3 is 0 Å². The summed E-state index contributed by atoms with van der Waals surface area (Å²) in [5.41, 5.74) is 4.98. The Labute approximate surface area is 222 Å². The van der Waals surface area contributed by atoms with Gasteiger partial charge < -0.3 is 20.3 Å². The number of aliphatic hydroxyl groups excluding tert-OH is 1. The van der Waals surface area contributed by atoms with Crippen molar-refractivity contribution in [3.63, 3.8) is 0 Å². The van der Waals surface area contributed by atoms with E-state index in [2.05, 4.69) is 32.1 Å². The molecule has 4 N–H and O–H groups in total. The van der Waals surface area contributed by atoms with E-state index in [0.717, 1.165) is 65.9 Å². The van der Waals surface area contributed by atoms with Crippen molar-refractivity contribution in [2.75, 3.05) is 29.9 Å². The summed E-state index contributed by atoms with van der Waals surface area (Å²) < 4.78 is 28.3. The molecule has 0 aliphatic carbocycles. The molecule has 0 amide bonds. The van der Waals surface area contributed by atoms with Crippen LogP contribution < -0.4 is 14.9 Å². The van der Waals surface area contributed by atoms with Crippen LogP contribution in [0.25, 0.3) is 10.9 Å². The molecule has 2 heterocycles. The van der Waals surface area contributed by atoms with Crippen LogP contribution in [0, 0.1) is 0 Å². The van der Waals surface area contributed by atoms with Crippen LogP contribution in [0.3, 0.4) is 0 Å². The van der Waals surface area contributed by atoms with Gasteiger partial charge in [0.1, 0.15) is 0 Å².